The number of amides is 2. The fraction of sp³-hybridized carbons (Fsp3) is 0.500. The number of thiocarbonyl (C=S) groups is 1. The maximum Gasteiger partial charge on any atom is 0.317 e. The minimum Gasteiger partial charge on any atom is -0.339 e. The van der Waals surface area contributed by atoms with Gasteiger partial charge in [-0.3, -0.25) is 5.43 Å². The second kappa shape index (κ2) is 2.21. The number of rotatable bonds is 0. The summed E-state index contributed by atoms with van der Waals surface area (Å²) in [7, 11) is 0. The van der Waals surface area contributed by atoms with Crippen LogP contribution in [-0.2, 0) is 0 Å². The molecular formula is C4H7N5OS. The minimum absolute atomic E-state index is 0.144. The largest absolute Gasteiger partial charge is 0.339 e. The van der Waals surface area contributed by atoms with E-state index < -0.39 is 0 Å². The zero-order chi connectivity index (χ0) is 7.84. The molecule has 6 nitrogen and oxygen atoms in total. The predicted molar refractivity (Wildman–Crippen MR) is 41.2 cm³/mol. The summed E-state index contributed by atoms with van der Waals surface area (Å²) in [6.07, 6.45) is -0.301. The van der Waals surface area contributed by atoms with Crippen molar-refractivity contribution < 1.29 is 4.79 Å². The van der Waals surface area contributed by atoms with E-state index in [1.807, 2.05) is 0 Å². The number of urea groups is 1. The molecule has 0 radical (unpaired) electrons. The molecule has 2 saturated heterocycles. The van der Waals surface area contributed by atoms with E-state index in [0.717, 1.165) is 0 Å². The van der Waals surface area contributed by atoms with E-state index in [1.54, 1.807) is 0 Å². The van der Waals surface area contributed by atoms with Gasteiger partial charge in [0.05, 0.1) is 0 Å². The quantitative estimate of drug-likeness (QED) is 0.272. The number of carbonyl (C=O) groups is 1. The van der Waals surface area contributed by atoms with Crippen molar-refractivity contribution in [2.24, 2.45) is 0 Å². The van der Waals surface area contributed by atoms with E-state index >= 15 is 0 Å². The Hall–Kier alpha value is -1.08. The number of hydrogen-bond acceptors (Lipinski definition) is 3. The third kappa shape index (κ3) is 1.08. The van der Waals surface area contributed by atoms with E-state index in [2.05, 4.69) is 26.8 Å². The molecular weight excluding hydrogens is 166 g/mol. The first-order valence-corrected chi connectivity index (χ1v) is 3.55. The van der Waals surface area contributed by atoms with Gasteiger partial charge in [0.1, 0.15) is 12.3 Å². The Bertz CT molecular complexity index is 217. The van der Waals surface area contributed by atoms with Crippen molar-refractivity contribution in [1.29, 1.82) is 0 Å². The van der Waals surface area contributed by atoms with Crippen LogP contribution in [0.4, 0.5) is 4.79 Å². The Balaban J connectivity index is 2.08. The fourth-order valence-corrected chi connectivity index (χ4v) is 1.24. The molecule has 5 N–H and O–H groups in total. The van der Waals surface area contributed by atoms with Gasteiger partial charge >= 0.3 is 6.03 Å². The molecule has 0 aliphatic carbocycles. The summed E-state index contributed by atoms with van der Waals surface area (Å²) in [5, 5.41) is 8.62. The van der Waals surface area contributed by atoms with Gasteiger partial charge in [0, 0.05) is 0 Å². The maximum atomic E-state index is 10.7. The van der Waals surface area contributed by atoms with Crippen LogP contribution in [0.2, 0.25) is 0 Å². The van der Waals surface area contributed by atoms with Crippen LogP contribution in [0.25, 0.3) is 0 Å². The van der Waals surface area contributed by atoms with Gasteiger partial charge in [0.25, 0.3) is 0 Å². The van der Waals surface area contributed by atoms with Crippen molar-refractivity contribution in [3.8, 4) is 0 Å². The normalized spacial score (nSPS) is 34.5. The van der Waals surface area contributed by atoms with E-state index in [9.17, 15) is 4.79 Å². The molecule has 0 unspecified atom stereocenters. The second-order valence-electron chi connectivity index (χ2n) is 2.32. The standard InChI is InChI=1S/C4H7N5OS/c10-3-5-1-2(6-3)8-9-4(11)7-1/h1-2,8H,(H2,5,6,10)(H2,7,9,11)/t1-,2-/m0/s1. The van der Waals surface area contributed by atoms with Crippen molar-refractivity contribution in [3.05, 3.63) is 0 Å². The Morgan fingerprint density at radius 2 is 1.91 bits per heavy atom. The summed E-state index contributed by atoms with van der Waals surface area (Å²) in [5.74, 6) is 0. The number of fused-ring (bicyclic) bond motifs is 1. The van der Waals surface area contributed by atoms with Crippen LogP contribution in [-0.4, -0.2) is 23.5 Å². The van der Waals surface area contributed by atoms with Crippen LogP contribution < -0.4 is 26.8 Å². The summed E-state index contributed by atoms with van der Waals surface area (Å²) in [5.41, 5.74) is 5.50. The van der Waals surface area contributed by atoms with Crippen molar-refractivity contribution >= 4 is 23.4 Å². The Morgan fingerprint density at radius 3 is 2.73 bits per heavy atom. The Kier molecular flexibility index (Phi) is 1.33. The molecule has 2 amide bonds. The van der Waals surface area contributed by atoms with Crippen LogP contribution in [0, 0.1) is 0 Å². The van der Waals surface area contributed by atoms with Crippen LogP contribution in [0.5, 0.6) is 0 Å². The first-order chi connectivity index (χ1) is 5.25. The zero-order valence-electron chi connectivity index (χ0n) is 5.47. The average molecular weight is 173 g/mol. The Morgan fingerprint density at radius 1 is 1.18 bits per heavy atom. The van der Waals surface area contributed by atoms with Gasteiger partial charge in [-0.25, -0.2) is 10.2 Å². The molecule has 2 aliphatic heterocycles. The SMILES string of the molecule is O=C1N[C@H]2NNC(=S)N[C@@H]2N1. The van der Waals surface area contributed by atoms with E-state index in [-0.39, 0.29) is 18.4 Å². The third-order valence-corrected chi connectivity index (χ3v) is 1.75. The van der Waals surface area contributed by atoms with Crippen molar-refractivity contribution in [2.45, 2.75) is 12.3 Å². The number of carbonyl (C=O) groups excluding carboxylic acids is 1. The molecule has 2 heterocycles. The number of nitrogens with one attached hydrogen (secondary N) is 5. The van der Waals surface area contributed by atoms with Gasteiger partial charge in [-0.2, -0.15) is 0 Å². The predicted octanol–water partition coefficient (Wildman–Crippen LogP) is -2.07. The van der Waals surface area contributed by atoms with Gasteiger partial charge in [-0.15, -0.1) is 0 Å². The van der Waals surface area contributed by atoms with Crippen LogP contribution in [0.1, 0.15) is 0 Å². The molecule has 0 aromatic heterocycles. The number of hydrazine groups is 1. The first-order valence-electron chi connectivity index (χ1n) is 3.15. The Labute approximate surface area is 68.1 Å². The van der Waals surface area contributed by atoms with Crippen LogP contribution in [0.3, 0.4) is 0 Å². The lowest BCUT2D eigenvalue weighted by Crippen LogP contribution is -2.67. The van der Waals surface area contributed by atoms with E-state index in [4.69, 9.17) is 12.2 Å². The highest BCUT2D eigenvalue weighted by atomic mass is 32.1. The number of hydrogen-bond donors (Lipinski definition) is 5. The lowest BCUT2D eigenvalue weighted by molar-refractivity contribution is 0.246. The molecule has 0 bridgehead atoms. The first kappa shape index (κ1) is 6.62. The van der Waals surface area contributed by atoms with Crippen LogP contribution >= 0.6 is 12.2 Å². The van der Waals surface area contributed by atoms with E-state index in [0.29, 0.717) is 5.11 Å². The highest BCUT2D eigenvalue weighted by Crippen LogP contribution is 1.96. The van der Waals surface area contributed by atoms with Gasteiger partial charge in [0.15, 0.2) is 5.11 Å². The van der Waals surface area contributed by atoms with Gasteiger partial charge in [-0.1, -0.05) is 0 Å². The average Bonchev–Trinajstić information content (AvgIpc) is 2.27. The topological polar surface area (TPSA) is 77.2 Å². The molecule has 2 fully saturated rings. The summed E-state index contributed by atoms with van der Waals surface area (Å²) in [4.78, 5) is 10.7. The second-order valence-corrected chi connectivity index (χ2v) is 2.72. The van der Waals surface area contributed by atoms with Gasteiger partial charge in [-0.05, 0) is 12.2 Å². The zero-order valence-corrected chi connectivity index (χ0v) is 6.29. The van der Waals surface area contributed by atoms with Gasteiger partial charge in [0.2, 0.25) is 0 Å². The molecule has 0 saturated carbocycles. The molecule has 0 aromatic carbocycles. The molecule has 0 spiro atoms. The van der Waals surface area contributed by atoms with E-state index in [1.165, 1.54) is 0 Å². The maximum absolute atomic E-state index is 10.7. The molecule has 2 aliphatic rings. The molecule has 7 heteroatoms. The summed E-state index contributed by atoms with van der Waals surface area (Å²) >= 11 is 4.80. The third-order valence-electron chi connectivity index (χ3n) is 1.53. The monoisotopic (exact) mass is 173 g/mol. The fourth-order valence-electron chi connectivity index (χ4n) is 1.05. The summed E-state index contributed by atoms with van der Waals surface area (Å²) < 4.78 is 0. The highest BCUT2D eigenvalue weighted by molar-refractivity contribution is 7.80. The lowest BCUT2D eigenvalue weighted by atomic mass is 10.4. The smallest absolute Gasteiger partial charge is 0.317 e. The lowest BCUT2D eigenvalue weighted by Gasteiger charge is -2.28. The molecule has 11 heavy (non-hydrogen) atoms. The highest BCUT2D eigenvalue weighted by Gasteiger charge is 2.34. The van der Waals surface area contributed by atoms with Crippen molar-refractivity contribution in [3.63, 3.8) is 0 Å². The summed E-state index contributed by atoms with van der Waals surface area (Å²) in [6, 6.07) is -0.202. The minimum atomic E-state index is -0.202. The summed E-state index contributed by atoms with van der Waals surface area (Å²) in [6.45, 7) is 0. The molecule has 0 aromatic rings. The van der Waals surface area contributed by atoms with Crippen LogP contribution in [0.15, 0.2) is 0 Å². The van der Waals surface area contributed by atoms with Gasteiger partial charge < -0.3 is 16.0 Å². The molecule has 60 valence electrons. The van der Waals surface area contributed by atoms with Crippen molar-refractivity contribution in [2.75, 3.05) is 0 Å². The molecule has 2 atom stereocenters. The van der Waals surface area contributed by atoms with Crippen molar-refractivity contribution in [1.82, 2.24) is 26.8 Å². The molecule has 2 rings (SSSR count).